The van der Waals surface area contributed by atoms with Gasteiger partial charge in [0.15, 0.2) is 5.96 Å². The molecule has 3 rings (SSSR count). The number of hydrogen-bond acceptors (Lipinski definition) is 7. The number of fused-ring (bicyclic) bond motifs is 1. The number of nitrogens with one attached hydrogen (secondary N) is 3. The van der Waals surface area contributed by atoms with Crippen molar-refractivity contribution in [2.45, 2.75) is 75.5 Å². The summed E-state index contributed by atoms with van der Waals surface area (Å²) in [7, 11) is 0. The Morgan fingerprint density at radius 1 is 1.05 bits per heavy atom. The predicted molar refractivity (Wildman–Crippen MR) is 159 cm³/mol. The van der Waals surface area contributed by atoms with Crippen LogP contribution in [0.4, 0.5) is 0 Å². The zero-order valence-electron chi connectivity index (χ0n) is 23.8. The number of likely N-dealkylation sites (tertiary alicyclic amines) is 1. The Hall–Kier alpha value is -4.17. The Bertz CT molecular complexity index is 1260. The van der Waals surface area contributed by atoms with Crippen LogP contribution in [0.25, 0.3) is 10.9 Å². The minimum Gasteiger partial charge on any atom is -0.480 e. The van der Waals surface area contributed by atoms with Crippen LogP contribution in [0.1, 0.15) is 50.5 Å². The fourth-order valence-corrected chi connectivity index (χ4v) is 5.17. The molecule has 4 atom stereocenters. The molecule has 4 unspecified atom stereocenters. The van der Waals surface area contributed by atoms with Gasteiger partial charge in [-0.25, -0.2) is 4.79 Å². The first kappa shape index (κ1) is 32.3. The van der Waals surface area contributed by atoms with E-state index in [4.69, 9.17) is 22.9 Å². The number of carboxylic acid groups (broad SMARTS) is 1. The van der Waals surface area contributed by atoms with Gasteiger partial charge >= 0.3 is 5.97 Å². The van der Waals surface area contributed by atoms with Crippen LogP contribution < -0.4 is 33.6 Å². The zero-order chi connectivity index (χ0) is 30.6. The summed E-state index contributed by atoms with van der Waals surface area (Å²) in [5, 5.41) is 16.1. The van der Waals surface area contributed by atoms with Gasteiger partial charge in [0.2, 0.25) is 17.7 Å². The molecule has 0 bridgehead atoms. The average molecular weight is 586 g/mol. The molecular weight excluding hydrogens is 542 g/mol. The van der Waals surface area contributed by atoms with Crippen LogP contribution in [-0.2, 0) is 25.6 Å². The van der Waals surface area contributed by atoms with Gasteiger partial charge in [-0.1, -0.05) is 18.2 Å². The summed E-state index contributed by atoms with van der Waals surface area (Å²) >= 11 is 0. The van der Waals surface area contributed by atoms with Gasteiger partial charge in [0.25, 0.3) is 0 Å². The fraction of sp³-hybridized carbons (Fsp3) is 0.536. The highest BCUT2D eigenvalue weighted by Gasteiger charge is 2.38. The number of para-hydroxylation sites is 1. The summed E-state index contributed by atoms with van der Waals surface area (Å²) in [5.74, 6) is -2.69. The third kappa shape index (κ3) is 8.91. The number of aliphatic carboxylic acids is 1. The second kappa shape index (κ2) is 15.7. The molecule has 0 aliphatic carbocycles. The maximum absolute atomic E-state index is 13.7. The van der Waals surface area contributed by atoms with Crippen molar-refractivity contribution in [3.8, 4) is 0 Å². The van der Waals surface area contributed by atoms with Crippen molar-refractivity contribution < 1.29 is 24.3 Å². The summed E-state index contributed by atoms with van der Waals surface area (Å²) in [6, 6.07) is 3.69. The van der Waals surface area contributed by atoms with Crippen LogP contribution in [-0.4, -0.2) is 88.4 Å². The monoisotopic (exact) mass is 585 g/mol. The fourth-order valence-electron chi connectivity index (χ4n) is 5.17. The molecule has 0 radical (unpaired) electrons. The quantitative estimate of drug-likeness (QED) is 0.0701. The molecule has 2 aromatic rings. The Kier molecular flexibility index (Phi) is 12.1. The lowest BCUT2D eigenvalue weighted by Crippen LogP contribution is -2.57. The van der Waals surface area contributed by atoms with Gasteiger partial charge < -0.3 is 48.6 Å². The van der Waals surface area contributed by atoms with Crippen molar-refractivity contribution in [1.82, 2.24) is 20.5 Å². The molecule has 2 heterocycles. The summed E-state index contributed by atoms with van der Waals surface area (Å²) in [6.45, 7) is 1.02. The minimum absolute atomic E-state index is 0.0531. The van der Waals surface area contributed by atoms with Gasteiger partial charge in [-0.2, -0.15) is 0 Å². The first-order valence-corrected chi connectivity index (χ1v) is 14.3. The number of rotatable bonds is 16. The van der Waals surface area contributed by atoms with Crippen molar-refractivity contribution in [2.75, 3.05) is 19.6 Å². The molecule has 42 heavy (non-hydrogen) atoms. The lowest BCUT2D eigenvalue weighted by molar-refractivity contribution is -0.149. The summed E-state index contributed by atoms with van der Waals surface area (Å²) in [6.07, 6.45) is 5.04. The Morgan fingerprint density at radius 2 is 1.79 bits per heavy atom. The van der Waals surface area contributed by atoms with Crippen molar-refractivity contribution >= 4 is 40.6 Å². The number of nitrogens with two attached hydrogens (primary N) is 4. The van der Waals surface area contributed by atoms with E-state index in [1.807, 2.05) is 24.3 Å². The van der Waals surface area contributed by atoms with Crippen molar-refractivity contribution in [1.29, 1.82) is 0 Å². The third-order valence-electron chi connectivity index (χ3n) is 7.42. The number of carbonyl (C=O) groups is 4. The van der Waals surface area contributed by atoms with Crippen molar-refractivity contribution in [3.63, 3.8) is 0 Å². The second-order valence-corrected chi connectivity index (χ2v) is 10.6. The van der Waals surface area contributed by atoms with Gasteiger partial charge in [-0.05, 0) is 63.1 Å². The van der Waals surface area contributed by atoms with Gasteiger partial charge in [0.1, 0.15) is 18.1 Å². The van der Waals surface area contributed by atoms with E-state index in [2.05, 4.69) is 20.6 Å². The smallest absolute Gasteiger partial charge is 0.326 e. The van der Waals surface area contributed by atoms with E-state index in [0.717, 1.165) is 16.5 Å². The summed E-state index contributed by atoms with van der Waals surface area (Å²) in [5.41, 5.74) is 24.1. The number of aliphatic imine (C=N–C) groups is 1. The maximum Gasteiger partial charge on any atom is 0.326 e. The normalized spacial score (nSPS) is 16.9. The standard InChI is InChI=1S/C28H43N9O5/c29-12-4-3-10-21(26(40)37-14-6-11-23(37)27(41)42)35-25(39)22(15-17-16-34-20-9-2-1-7-18(17)20)36-24(38)19(30)8-5-13-33-28(31)32/h1-2,7,9,16,19,21-23,34H,3-6,8,10-15,29-30H2,(H,35,39)(H,36,38)(H,41,42)(H4,31,32,33). The van der Waals surface area contributed by atoms with E-state index in [-0.39, 0.29) is 25.2 Å². The number of nitrogens with zero attached hydrogens (tertiary/aromatic N) is 2. The zero-order valence-corrected chi connectivity index (χ0v) is 23.8. The summed E-state index contributed by atoms with van der Waals surface area (Å²) < 4.78 is 0. The molecule has 0 saturated carbocycles. The van der Waals surface area contributed by atoms with E-state index in [9.17, 15) is 24.3 Å². The number of carbonyl (C=O) groups excluding carboxylic acids is 3. The SMILES string of the molecule is NCCCCC(NC(=O)C(Cc1c[nH]c2ccccc12)NC(=O)C(N)CCCN=C(N)N)C(=O)N1CCCC1C(=O)O. The van der Waals surface area contributed by atoms with Crippen LogP contribution in [0.15, 0.2) is 35.5 Å². The van der Waals surface area contributed by atoms with Gasteiger partial charge in [-0.3, -0.25) is 19.4 Å². The average Bonchev–Trinajstić information content (AvgIpc) is 3.62. The number of aromatic amines is 1. The van der Waals surface area contributed by atoms with Gasteiger partial charge in [-0.15, -0.1) is 0 Å². The maximum atomic E-state index is 13.7. The molecule has 3 amide bonds. The van der Waals surface area contributed by atoms with Crippen molar-refractivity contribution in [3.05, 3.63) is 36.0 Å². The molecule has 14 nitrogen and oxygen atoms in total. The van der Waals surface area contributed by atoms with E-state index in [1.165, 1.54) is 4.90 Å². The molecule has 1 aliphatic heterocycles. The number of aromatic nitrogens is 1. The molecule has 1 aromatic heterocycles. The molecule has 12 N–H and O–H groups in total. The van der Waals surface area contributed by atoms with Crippen LogP contribution >= 0.6 is 0 Å². The van der Waals surface area contributed by atoms with E-state index < -0.39 is 47.9 Å². The molecule has 0 spiro atoms. The molecule has 230 valence electrons. The van der Waals surface area contributed by atoms with Crippen LogP contribution in [0.5, 0.6) is 0 Å². The number of amides is 3. The van der Waals surface area contributed by atoms with Crippen LogP contribution in [0, 0.1) is 0 Å². The van der Waals surface area contributed by atoms with Crippen LogP contribution in [0.3, 0.4) is 0 Å². The third-order valence-corrected chi connectivity index (χ3v) is 7.42. The molecule has 14 heteroatoms. The number of unbranched alkanes of at least 4 members (excludes halogenated alkanes) is 1. The largest absolute Gasteiger partial charge is 0.480 e. The highest BCUT2D eigenvalue weighted by atomic mass is 16.4. The second-order valence-electron chi connectivity index (χ2n) is 10.6. The van der Waals surface area contributed by atoms with Gasteiger partial charge in [0, 0.05) is 36.6 Å². The first-order chi connectivity index (χ1) is 20.1. The lowest BCUT2D eigenvalue weighted by Gasteiger charge is -2.29. The van der Waals surface area contributed by atoms with E-state index >= 15 is 0 Å². The van der Waals surface area contributed by atoms with E-state index in [0.29, 0.717) is 51.7 Å². The topological polar surface area (TPSA) is 248 Å². The predicted octanol–water partition coefficient (Wildman–Crippen LogP) is -0.734. The molecule has 1 aliphatic rings. The number of carboxylic acids is 1. The summed E-state index contributed by atoms with van der Waals surface area (Å²) in [4.78, 5) is 60.4. The minimum atomic E-state index is -1.08. The first-order valence-electron chi connectivity index (χ1n) is 14.3. The van der Waals surface area contributed by atoms with E-state index in [1.54, 1.807) is 6.20 Å². The lowest BCUT2D eigenvalue weighted by atomic mass is 10.0. The highest BCUT2D eigenvalue weighted by molar-refractivity contribution is 5.95. The Balaban J connectivity index is 1.80. The number of H-pyrrole nitrogens is 1. The molecule has 1 fully saturated rings. The highest BCUT2D eigenvalue weighted by Crippen LogP contribution is 2.21. The van der Waals surface area contributed by atoms with Crippen LogP contribution in [0.2, 0.25) is 0 Å². The Morgan fingerprint density at radius 3 is 2.50 bits per heavy atom. The number of hydrogen-bond donors (Lipinski definition) is 8. The molecular formula is C28H43N9O5. The molecule has 1 aromatic carbocycles. The number of benzene rings is 1. The Labute approximate surface area is 244 Å². The number of guanidine groups is 1. The molecule has 1 saturated heterocycles. The van der Waals surface area contributed by atoms with Crippen molar-refractivity contribution in [2.24, 2.45) is 27.9 Å². The van der Waals surface area contributed by atoms with Gasteiger partial charge in [0.05, 0.1) is 6.04 Å².